The van der Waals surface area contributed by atoms with Gasteiger partial charge in [-0.3, -0.25) is 0 Å². The number of anilines is 1. The zero-order chi connectivity index (χ0) is 26.1. The van der Waals surface area contributed by atoms with E-state index in [1.807, 2.05) is 6.07 Å². The first-order chi connectivity index (χ1) is 17.8. The van der Waals surface area contributed by atoms with E-state index in [1.165, 1.54) is 18.5 Å². The first-order valence-corrected chi connectivity index (χ1v) is 12.8. The molecule has 0 unspecified atom stereocenters. The van der Waals surface area contributed by atoms with Gasteiger partial charge in [0.05, 0.1) is 30.2 Å². The number of rotatable bonds is 8. The van der Waals surface area contributed by atoms with E-state index in [0.29, 0.717) is 42.0 Å². The maximum absolute atomic E-state index is 14.8. The standard InChI is InChI=1S/C27H32F3N5O2/c1-15(2)35-9-7-17(8-10-35)21-11-22-25(31-14-32-26(22)34-27(21)37-18-12-36-13-18)33-16(3)19-5-4-6-20(23(19)28)24(29)30/h4-6,11,14-18,24H,7-10,12-13H2,1-3H3,(H,31,32,33,34)/t16-/m1/s1. The quantitative estimate of drug-likeness (QED) is 0.416. The Labute approximate surface area is 214 Å². The van der Waals surface area contributed by atoms with E-state index < -0.39 is 23.8 Å². The molecule has 0 radical (unpaired) electrons. The summed E-state index contributed by atoms with van der Waals surface area (Å²) in [7, 11) is 0. The highest BCUT2D eigenvalue weighted by Crippen LogP contribution is 2.38. The fraction of sp³-hybridized carbons (Fsp3) is 0.519. The van der Waals surface area contributed by atoms with Crippen molar-refractivity contribution >= 4 is 16.9 Å². The average Bonchev–Trinajstić information content (AvgIpc) is 2.86. The number of aromatic nitrogens is 3. The smallest absolute Gasteiger partial charge is 0.266 e. The van der Waals surface area contributed by atoms with Crippen LogP contribution in [0.25, 0.3) is 11.0 Å². The number of piperidine rings is 1. The SMILES string of the molecule is CC(C)N1CCC(c2cc3c(N[C@H](C)c4cccc(C(F)F)c4F)ncnc3nc2OC2COC2)CC1. The van der Waals surface area contributed by atoms with Gasteiger partial charge in [0, 0.05) is 17.2 Å². The number of nitrogens with zero attached hydrogens (tertiary/aromatic N) is 4. The van der Waals surface area contributed by atoms with Gasteiger partial charge >= 0.3 is 0 Å². The summed E-state index contributed by atoms with van der Waals surface area (Å²) in [5.41, 5.74) is 0.977. The van der Waals surface area contributed by atoms with E-state index in [1.54, 1.807) is 6.92 Å². The number of halogens is 3. The third kappa shape index (κ3) is 5.36. The zero-order valence-corrected chi connectivity index (χ0v) is 21.3. The third-order valence-electron chi connectivity index (χ3n) is 7.32. The Balaban J connectivity index is 1.48. The van der Waals surface area contributed by atoms with Crippen LogP contribution in [-0.4, -0.2) is 58.3 Å². The van der Waals surface area contributed by atoms with Crippen LogP contribution in [0.1, 0.15) is 68.7 Å². The Hall–Kier alpha value is -2.98. The highest BCUT2D eigenvalue weighted by molar-refractivity contribution is 5.87. The van der Waals surface area contributed by atoms with Crippen LogP contribution in [0.3, 0.4) is 0 Å². The van der Waals surface area contributed by atoms with Gasteiger partial charge in [0.2, 0.25) is 5.88 Å². The number of hydrogen-bond donors (Lipinski definition) is 1. The molecule has 0 amide bonds. The van der Waals surface area contributed by atoms with Gasteiger partial charge in [0.1, 0.15) is 24.1 Å². The lowest BCUT2D eigenvalue weighted by Crippen LogP contribution is -2.40. The summed E-state index contributed by atoms with van der Waals surface area (Å²) in [5.74, 6) is 0.377. The van der Waals surface area contributed by atoms with E-state index in [9.17, 15) is 13.2 Å². The van der Waals surface area contributed by atoms with Crippen molar-refractivity contribution in [1.29, 1.82) is 0 Å². The summed E-state index contributed by atoms with van der Waals surface area (Å²) < 4.78 is 52.8. The Morgan fingerprint density at radius 1 is 1.08 bits per heavy atom. The number of pyridine rings is 1. The molecule has 1 aromatic carbocycles. The van der Waals surface area contributed by atoms with Crippen LogP contribution in [0.2, 0.25) is 0 Å². The van der Waals surface area contributed by atoms with Crippen LogP contribution < -0.4 is 10.1 Å². The summed E-state index contributed by atoms with van der Waals surface area (Å²) in [4.78, 5) is 16.0. The lowest BCUT2D eigenvalue weighted by Gasteiger charge is -2.35. The van der Waals surface area contributed by atoms with Gasteiger partial charge in [-0.2, -0.15) is 4.98 Å². The fourth-order valence-electron chi connectivity index (χ4n) is 5.01. The van der Waals surface area contributed by atoms with Crippen molar-refractivity contribution in [2.75, 3.05) is 31.6 Å². The minimum absolute atomic E-state index is 0.0380. The number of fused-ring (bicyclic) bond motifs is 1. The molecule has 7 nitrogen and oxygen atoms in total. The fourth-order valence-corrected chi connectivity index (χ4v) is 5.01. The van der Waals surface area contributed by atoms with Gasteiger partial charge in [-0.05, 0) is 58.7 Å². The number of benzene rings is 1. The van der Waals surface area contributed by atoms with E-state index in [4.69, 9.17) is 14.5 Å². The molecular formula is C27H32F3N5O2. The van der Waals surface area contributed by atoms with Gasteiger partial charge in [0.25, 0.3) is 6.43 Å². The Bertz CT molecular complexity index is 1250. The summed E-state index contributed by atoms with van der Waals surface area (Å²) in [6.07, 6.45) is 0.403. The molecule has 198 valence electrons. The Morgan fingerprint density at radius 2 is 1.81 bits per heavy atom. The monoisotopic (exact) mass is 515 g/mol. The van der Waals surface area contributed by atoms with Gasteiger partial charge in [-0.25, -0.2) is 23.1 Å². The van der Waals surface area contributed by atoms with Crippen molar-refractivity contribution < 1.29 is 22.6 Å². The second kappa shape index (κ2) is 10.8. The molecule has 0 bridgehead atoms. The summed E-state index contributed by atoms with van der Waals surface area (Å²) >= 11 is 0. The van der Waals surface area contributed by atoms with E-state index in [-0.39, 0.29) is 17.6 Å². The van der Waals surface area contributed by atoms with Gasteiger partial charge in [-0.1, -0.05) is 18.2 Å². The molecule has 2 aliphatic rings. The van der Waals surface area contributed by atoms with Gasteiger partial charge in [0.15, 0.2) is 5.65 Å². The molecule has 37 heavy (non-hydrogen) atoms. The minimum Gasteiger partial charge on any atom is -0.469 e. The molecule has 2 aromatic heterocycles. The number of nitrogens with one attached hydrogen (secondary N) is 1. The van der Waals surface area contributed by atoms with Crippen molar-refractivity contribution in [3.8, 4) is 5.88 Å². The first kappa shape index (κ1) is 25.7. The maximum atomic E-state index is 14.8. The normalized spacial score (nSPS) is 18.4. The third-order valence-corrected chi connectivity index (χ3v) is 7.32. The Morgan fingerprint density at radius 3 is 2.46 bits per heavy atom. The van der Waals surface area contributed by atoms with Crippen LogP contribution in [0.5, 0.6) is 5.88 Å². The summed E-state index contributed by atoms with van der Waals surface area (Å²) in [6.45, 7) is 9.16. The highest BCUT2D eigenvalue weighted by Gasteiger charge is 2.29. The molecule has 2 saturated heterocycles. The van der Waals surface area contributed by atoms with Gasteiger partial charge < -0.3 is 19.7 Å². The maximum Gasteiger partial charge on any atom is 0.266 e. The second-order valence-electron chi connectivity index (χ2n) is 10.1. The second-order valence-corrected chi connectivity index (χ2v) is 10.1. The molecule has 1 atom stereocenters. The minimum atomic E-state index is -2.89. The van der Waals surface area contributed by atoms with Gasteiger partial charge in [-0.15, -0.1) is 0 Å². The molecule has 0 aliphatic carbocycles. The number of hydrogen-bond acceptors (Lipinski definition) is 7. The Kier molecular flexibility index (Phi) is 7.48. The molecule has 2 aliphatic heterocycles. The molecular weight excluding hydrogens is 483 g/mol. The van der Waals surface area contributed by atoms with E-state index in [2.05, 4.69) is 34.0 Å². The predicted molar refractivity (Wildman–Crippen MR) is 135 cm³/mol. The predicted octanol–water partition coefficient (Wildman–Crippen LogP) is 5.64. The number of alkyl halides is 2. The zero-order valence-electron chi connectivity index (χ0n) is 21.3. The van der Waals surface area contributed by atoms with E-state index in [0.717, 1.165) is 37.6 Å². The van der Waals surface area contributed by atoms with Crippen LogP contribution in [0.15, 0.2) is 30.6 Å². The molecule has 1 N–H and O–H groups in total. The van der Waals surface area contributed by atoms with E-state index >= 15 is 0 Å². The number of ether oxygens (including phenoxy) is 2. The van der Waals surface area contributed by atoms with Crippen molar-refractivity contribution in [2.24, 2.45) is 0 Å². The lowest BCUT2D eigenvalue weighted by atomic mass is 9.89. The van der Waals surface area contributed by atoms with Crippen LogP contribution in [-0.2, 0) is 4.74 Å². The lowest BCUT2D eigenvalue weighted by molar-refractivity contribution is -0.0817. The van der Waals surface area contributed by atoms with Crippen LogP contribution in [0.4, 0.5) is 19.0 Å². The molecule has 5 rings (SSSR count). The van der Waals surface area contributed by atoms with Crippen molar-refractivity contribution in [2.45, 2.75) is 64.1 Å². The van der Waals surface area contributed by atoms with Crippen molar-refractivity contribution in [1.82, 2.24) is 19.9 Å². The number of likely N-dealkylation sites (tertiary alicyclic amines) is 1. The first-order valence-electron chi connectivity index (χ1n) is 12.8. The summed E-state index contributed by atoms with van der Waals surface area (Å²) in [5, 5.41) is 3.88. The molecule has 0 spiro atoms. The summed E-state index contributed by atoms with van der Waals surface area (Å²) in [6, 6.07) is 5.94. The molecule has 2 fully saturated rings. The highest BCUT2D eigenvalue weighted by atomic mass is 19.3. The van der Waals surface area contributed by atoms with Crippen LogP contribution in [0, 0.1) is 5.82 Å². The van der Waals surface area contributed by atoms with Crippen molar-refractivity contribution in [3.63, 3.8) is 0 Å². The topological polar surface area (TPSA) is 72.4 Å². The molecule has 4 heterocycles. The van der Waals surface area contributed by atoms with Crippen molar-refractivity contribution in [3.05, 3.63) is 53.1 Å². The molecule has 3 aromatic rings. The largest absolute Gasteiger partial charge is 0.469 e. The molecule has 10 heteroatoms. The average molecular weight is 516 g/mol. The van der Waals surface area contributed by atoms with Crippen LogP contribution >= 0.6 is 0 Å². The molecule has 0 saturated carbocycles.